The van der Waals surface area contributed by atoms with Gasteiger partial charge >= 0.3 is 0 Å². The van der Waals surface area contributed by atoms with E-state index in [9.17, 15) is 14.3 Å². The third-order valence-corrected chi connectivity index (χ3v) is 4.80. The number of hydrogen-bond donors (Lipinski definition) is 2. The van der Waals surface area contributed by atoms with Gasteiger partial charge in [0.2, 0.25) is 5.91 Å². The maximum Gasteiger partial charge on any atom is 0.249 e. The van der Waals surface area contributed by atoms with E-state index in [1.165, 1.54) is 12.1 Å². The zero-order valence-electron chi connectivity index (χ0n) is 13.5. The molecule has 1 heterocycles. The summed E-state index contributed by atoms with van der Waals surface area (Å²) < 4.78 is 12.9. The van der Waals surface area contributed by atoms with E-state index in [0.717, 1.165) is 43.8 Å². The molecular formula is C17H25FN2O2S. The van der Waals surface area contributed by atoms with Crippen molar-refractivity contribution in [3.63, 3.8) is 0 Å². The van der Waals surface area contributed by atoms with Crippen molar-refractivity contribution in [2.24, 2.45) is 0 Å². The largest absolute Gasteiger partial charge is 0.383 e. The minimum Gasteiger partial charge on any atom is -0.383 e. The Labute approximate surface area is 141 Å². The highest BCUT2D eigenvalue weighted by Crippen LogP contribution is 2.14. The molecule has 1 atom stereocenters. The summed E-state index contributed by atoms with van der Waals surface area (Å²) in [6, 6.07) is 6.73. The fraction of sp³-hybridized carbons (Fsp3) is 0.588. The first-order valence-electron chi connectivity index (χ1n) is 8.02. The van der Waals surface area contributed by atoms with Crippen LogP contribution in [0.15, 0.2) is 24.3 Å². The van der Waals surface area contributed by atoms with Crippen LogP contribution >= 0.6 is 11.8 Å². The molecule has 1 saturated heterocycles. The molecule has 6 heteroatoms. The zero-order valence-corrected chi connectivity index (χ0v) is 14.3. The lowest BCUT2D eigenvalue weighted by molar-refractivity contribution is -0.130. The van der Waals surface area contributed by atoms with E-state index in [2.05, 4.69) is 10.2 Å². The van der Waals surface area contributed by atoms with E-state index in [1.54, 1.807) is 11.8 Å². The van der Waals surface area contributed by atoms with E-state index < -0.39 is 6.10 Å². The predicted molar refractivity (Wildman–Crippen MR) is 91.8 cm³/mol. The normalized spacial score (nSPS) is 17.9. The molecule has 1 aliphatic rings. The maximum absolute atomic E-state index is 12.9. The van der Waals surface area contributed by atoms with Crippen molar-refractivity contribution in [1.82, 2.24) is 10.2 Å². The topological polar surface area (TPSA) is 52.6 Å². The number of piperidine rings is 1. The van der Waals surface area contributed by atoms with Gasteiger partial charge in [-0.3, -0.25) is 9.69 Å². The van der Waals surface area contributed by atoms with Crippen LogP contribution in [-0.4, -0.2) is 53.2 Å². The molecule has 0 aromatic heterocycles. The van der Waals surface area contributed by atoms with Gasteiger partial charge < -0.3 is 10.4 Å². The molecule has 128 valence electrons. The number of benzene rings is 1. The van der Waals surface area contributed by atoms with Gasteiger partial charge in [-0.25, -0.2) is 4.39 Å². The number of carbonyl (C=O) groups is 1. The second-order valence-corrected chi connectivity index (χ2v) is 6.97. The third-order valence-electron chi connectivity index (χ3n) is 4.15. The number of likely N-dealkylation sites (tertiary alicyclic amines) is 1. The Bertz CT molecular complexity index is 490. The molecule has 0 unspecified atom stereocenters. The number of nitrogens with one attached hydrogen (secondary N) is 1. The number of carbonyl (C=O) groups excluding carboxylic acids is 1. The molecule has 4 nitrogen and oxygen atoms in total. The lowest BCUT2D eigenvalue weighted by Crippen LogP contribution is -2.47. The van der Waals surface area contributed by atoms with Crippen LogP contribution in [-0.2, 0) is 11.3 Å². The quantitative estimate of drug-likeness (QED) is 0.797. The Morgan fingerprint density at radius 3 is 2.65 bits per heavy atom. The monoisotopic (exact) mass is 340 g/mol. The second kappa shape index (κ2) is 9.25. The van der Waals surface area contributed by atoms with Crippen LogP contribution in [0.1, 0.15) is 24.8 Å². The van der Waals surface area contributed by atoms with Gasteiger partial charge in [0.1, 0.15) is 11.9 Å². The van der Waals surface area contributed by atoms with Crippen LogP contribution < -0.4 is 5.32 Å². The van der Waals surface area contributed by atoms with Crippen molar-refractivity contribution in [3.8, 4) is 0 Å². The van der Waals surface area contributed by atoms with Crippen molar-refractivity contribution >= 4 is 17.7 Å². The third kappa shape index (κ3) is 6.12. The maximum atomic E-state index is 12.9. The number of halogens is 1. The summed E-state index contributed by atoms with van der Waals surface area (Å²) in [5.41, 5.74) is 1.10. The number of aliphatic hydroxyl groups excluding tert-OH is 1. The first kappa shape index (κ1) is 18.2. The van der Waals surface area contributed by atoms with E-state index in [4.69, 9.17) is 0 Å². The molecule has 1 aliphatic heterocycles. The van der Waals surface area contributed by atoms with Gasteiger partial charge in [-0.1, -0.05) is 12.1 Å². The molecule has 0 bridgehead atoms. The van der Waals surface area contributed by atoms with E-state index in [0.29, 0.717) is 6.42 Å². The molecule has 1 aromatic carbocycles. The summed E-state index contributed by atoms with van der Waals surface area (Å²) >= 11 is 1.63. The Hall–Kier alpha value is -1.11. The number of hydrogen-bond acceptors (Lipinski definition) is 4. The lowest BCUT2D eigenvalue weighted by atomic mass is 10.0. The van der Waals surface area contributed by atoms with Gasteiger partial charge in [0, 0.05) is 25.7 Å². The van der Waals surface area contributed by atoms with Crippen molar-refractivity contribution < 1.29 is 14.3 Å². The number of amides is 1. The van der Waals surface area contributed by atoms with Gasteiger partial charge in [0.25, 0.3) is 0 Å². The molecule has 1 aromatic rings. The summed E-state index contributed by atoms with van der Waals surface area (Å²) in [4.78, 5) is 14.2. The first-order valence-corrected chi connectivity index (χ1v) is 9.42. The van der Waals surface area contributed by atoms with Gasteiger partial charge in [0.05, 0.1) is 0 Å². The van der Waals surface area contributed by atoms with Crippen LogP contribution in [0, 0.1) is 5.82 Å². The Morgan fingerprint density at radius 1 is 1.39 bits per heavy atom. The van der Waals surface area contributed by atoms with Crippen LogP contribution in [0.2, 0.25) is 0 Å². The van der Waals surface area contributed by atoms with Gasteiger partial charge in [-0.05, 0) is 49.0 Å². The van der Waals surface area contributed by atoms with Crippen molar-refractivity contribution in [3.05, 3.63) is 35.6 Å². The van der Waals surface area contributed by atoms with Crippen LogP contribution in [0.5, 0.6) is 0 Å². The van der Waals surface area contributed by atoms with Crippen LogP contribution in [0.4, 0.5) is 4.39 Å². The SMILES string of the molecule is CSCC[C@H](O)C(=O)NC1CCN(Cc2ccc(F)cc2)CC1. The summed E-state index contributed by atoms with van der Waals surface area (Å²) in [6.45, 7) is 2.59. The van der Waals surface area contributed by atoms with Crippen LogP contribution in [0.25, 0.3) is 0 Å². The molecule has 1 fully saturated rings. The molecule has 0 aliphatic carbocycles. The molecule has 2 rings (SSSR count). The van der Waals surface area contributed by atoms with Gasteiger partial charge in [-0.2, -0.15) is 11.8 Å². The molecule has 0 radical (unpaired) electrons. The zero-order chi connectivity index (χ0) is 16.7. The second-order valence-electron chi connectivity index (χ2n) is 5.98. The molecule has 0 saturated carbocycles. The molecule has 23 heavy (non-hydrogen) atoms. The van der Waals surface area contributed by atoms with Gasteiger partial charge in [-0.15, -0.1) is 0 Å². The highest BCUT2D eigenvalue weighted by molar-refractivity contribution is 7.98. The molecule has 2 N–H and O–H groups in total. The number of aliphatic hydroxyl groups is 1. The van der Waals surface area contributed by atoms with Crippen molar-refractivity contribution in [2.45, 2.75) is 38.0 Å². The van der Waals surface area contributed by atoms with E-state index in [-0.39, 0.29) is 17.8 Å². The Morgan fingerprint density at radius 2 is 2.04 bits per heavy atom. The Kier molecular flexibility index (Phi) is 7.33. The smallest absolute Gasteiger partial charge is 0.249 e. The lowest BCUT2D eigenvalue weighted by Gasteiger charge is -2.32. The molecule has 1 amide bonds. The predicted octanol–water partition coefficient (Wildman–Crippen LogP) is 2.02. The minimum absolute atomic E-state index is 0.135. The highest BCUT2D eigenvalue weighted by atomic mass is 32.2. The van der Waals surface area contributed by atoms with E-state index in [1.807, 2.05) is 18.4 Å². The van der Waals surface area contributed by atoms with Gasteiger partial charge in [0.15, 0.2) is 0 Å². The van der Waals surface area contributed by atoms with Crippen LogP contribution in [0.3, 0.4) is 0 Å². The summed E-state index contributed by atoms with van der Waals surface area (Å²) in [6.07, 6.45) is 3.31. The summed E-state index contributed by atoms with van der Waals surface area (Å²) in [5, 5.41) is 12.7. The fourth-order valence-electron chi connectivity index (χ4n) is 2.74. The number of nitrogens with zero attached hydrogens (tertiary/aromatic N) is 1. The summed E-state index contributed by atoms with van der Waals surface area (Å²) in [7, 11) is 0. The molecule has 0 spiro atoms. The Balaban J connectivity index is 1.71. The van der Waals surface area contributed by atoms with Crippen molar-refractivity contribution in [2.75, 3.05) is 25.1 Å². The first-order chi connectivity index (χ1) is 11.1. The van der Waals surface area contributed by atoms with E-state index >= 15 is 0 Å². The average molecular weight is 340 g/mol. The minimum atomic E-state index is -0.903. The summed E-state index contributed by atoms with van der Waals surface area (Å²) in [5.74, 6) is 0.316. The fourth-order valence-corrected chi connectivity index (χ4v) is 3.20. The standard InChI is InChI=1S/C17H25FN2O2S/c1-23-11-8-16(21)17(22)19-15-6-9-20(10-7-15)12-13-2-4-14(18)5-3-13/h2-5,15-16,21H,6-12H2,1H3,(H,19,22)/t16-/m0/s1. The number of thioether (sulfide) groups is 1. The highest BCUT2D eigenvalue weighted by Gasteiger charge is 2.23. The van der Waals surface area contributed by atoms with Crippen molar-refractivity contribution in [1.29, 1.82) is 0 Å². The molecular weight excluding hydrogens is 315 g/mol. The number of rotatable bonds is 7. The average Bonchev–Trinajstić information content (AvgIpc) is 2.56.